The fourth-order valence-electron chi connectivity index (χ4n) is 6.84. The SMILES string of the molecule is C1=Cc2nc1c(-c1ccccc1)c1ccc([nH]1)c(-c1ccccc1)c1nc(c(-c3ccccc3)c3ccc([nH]3)c2-c2ccccc2)C=C1.O.[Mg]. The van der Waals surface area contributed by atoms with Crippen molar-refractivity contribution in [2.24, 2.45) is 0 Å². The van der Waals surface area contributed by atoms with Crippen LogP contribution in [-0.2, 0) is 0 Å². The Hall–Kier alpha value is -5.79. The number of rotatable bonds is 4. The first-order chi connectivity index (χ1) is 23.8. The molecule has 7 aromatic rings. The second-order valence-electron chi connectivity index (χ2n) is 12.0. The summed E-state index contributed by atoms with van der Waals surface area (Å²) in [6, 6.07) is 50.7. The lowest BCUT2D eigenvalue weighted by atomic mass is 10.0. The Morgan fingerprint density at radius 1 is 0.300 bits per heavy atom. The van der Waals surface area contributed by atoms with Crippen molar-refractivity contribution in [1.82, 2.24) is 19.9 Å². The van der Waals surface area contributed by atoms with Crippen molar-refractivity contribution in [3.63, 3.8) is 0 Å². The molecule has 2 aliphatic heterocycles. The molecule has 4 aromatic carbocycles. The molecule has 0 fully saturated rings. The summed E-state index contributed by atoms with van der Waals surface area (Å²) >= 11 is 0. The summed E-state index contributed by atoms with van der Waals surface area (Å²) in [6.45, 7) is 0. The van der Waals surface area contributed by atoms with Gasteiger partial charge in [-0.15, -0.1) is 0 Å². The molecular weight excluding hydrogens is 625 g/mol. The highest BCUT2D eigenvalue weighted by molar-refractivity contribution is 5.99. The van der Waals surface area contributed by atoms with Crippen LogP contribution < -0.4 is 0 Å². The maximum Gasteiger partial charge on any atom is 0.0737 e. The van der Waals surface area contributed by atoms with Gasteiger partial charge in [0.2, 0.25) is 0 Å². The zero-order chi connectivity index (χ0) is 31.9. The molecule has 0 saturated heterocycles. The van der Waals surface area contributed by atoms with Crippen LogP contribution in [0.1, 0.15) is 22.8 Å². The molecule has 4 N–H and O–H groups in total. The summed E-state index contributed by atoms with van der Waals surface area (Å²) in [7, 11) is 0. The van der Waals surface area contributed by atoms with Gasteiger partial charge < -0.3 is 15.4 Å². The van der Waals surface area contributed by atoms with Gasteiger partial charge in [0.25, 0.3) is 0 Å². The van der Waals surface area contributed by atoms with Gasteiger partial charge in [-0.2, -0.15) is 0 Å². The Kier molecular flexibility index (Phi) is 9.15. The molecule has 0 amide bonds. The standard InChI is InChI=1S/C44H30N4.Mg.H2O/c1-5-13-29(14-6-1)41-33-21-23-35(45-33)42(30-15-7-2-8-16-30)37-25-27-39(47-37)44(32-19-11-4-12-20-32)40-28-26-38(48-40)43(31-17-9-3-10-18-31)36-24-22-34(41)46-36;;/h1-28,45,48H;;1H2. The van der Waals surface area contributed by atoms with E-state index in [1.165, 1.54) is 0 Å². The molecule has 6 heteroatoms. The van der Waals surface area contributed by atoms with Crippen molar-refractivity contribution in [2.75, 3.05) is 0 Å². The van der Waals surface area contributed by atoms with E-state index in [-0.39, 0.29) is 28.5 Å². The van der Waals surface area contributed by atoms with Crippen molar-refractivity contribution in [3.8, 4) is 44.5 Å². The van der Waals surface area contributed by atoms with Crippen LogP contribution in [0.2, 0.25) is 0 Å². The first-order valence-corrected chi connectivity index (χ1v) is 16.2. The monoisotopic (exact) mass is 656 g/mol. The predicted octanol–water partition coefficient (Wildman–Crippen LogP) is 10.1. The first-order valence-electron chi connectivity index (χ1n) is 16.2. The zero-order valence-electron chi connectivity index (χ0n) is 27.3. The molecule has 2 radical (unpaired) electrons. The highest BCUT2D eigenvalue weighted by atomic mass is 24.3. The van der Waals surface area contributed by atoms with Crippen LogP contribution in [0, 0.1) is 0 Å². The maximum atomic E-state index is 5.35. The number of nitrogens with zero attached hydrogens (tertiary/aromatic N) is 2. The molecule has 5 heterocycles. The third-order valence-corrected chi connectivity index (χ3v) is 9.00. The number of hydrogen-bond acceptors (Lipinski definition) is 2. The lowest BCUT2D eigenvalue weighted by molar-refractivity contribution is 0.824. The van der Waals surface area contributed by atoms with Crippen LogP contribution in [0.3, 0.4) is 0 Å². The van der Waals surface area contributed by atoms with E-state index < -0.39 is 0 Å². The van der Waals surface area contributed by atoms with Crippen LogP contribution >= 0.6 is 0 Å². The van der Waals surface area contributed by atoms with Gasteiger partial charge >= 0.3 is 0 Å². The van der Waals surface area contributed by atoms with Gasteiger partial charge in [0.1, 0.15) is 0 Å². The molecule has 9 rings (SSSR count). The van der Waals surface area contributed by atoms with Crippen molar-refractivity contribution >= 4 is 69.4 Å². The molecule has 50 heavy (non-hydrogen) atoms. The third-order valence-electron chi connectivity index (χ3n) is 9.00. The minimum atomic E-state index is 0. The van der Waals surface area contributed by atoms with Crippen LogP contribution in [0.25, 0.3) is 90.9 Å². The van der Waals surface area contributed by atoms with E-state index in [1.54, 1.807) is 0 Å². The Morgan fingerprint density at radius 2 is 0.520 bits per heavy atom. The molecule has 3 aromatic heterocycles. The van der Waals surface area contributed by atoms with Crippen molar-refractivity contribution in [3.05, 3.63) is 168 Å². The fourth-order valence-corrected chi connectivity index (χ4v) is 6.84. The normalized spacial score (nSPS) is 11.5. The summed E-state index contributed by atoms with van der Waals surface area (Å²) in [5.41, 5.74) is 16.2. The average molecular weight is 657 g/mol. The average Bonchev–Trinajstić information content (AvgIpc) is 3.98. The van der Waals surface area contributed by atoms with Crippen molar-refractivity contribution in [1.29, 1.82) is 0 Å². The summed E-state index contributed by atoms with van der Waals surface area (Å²) in [4.78, 5) is 18.3. The summed E-state index contributed by atoms with van der Waals surface area (Å²) < 4.78 is 0. The van der Waals surface area contributed by atoms with Gasteiger partial charge in [0, 0.05) is 67.4 Å². The van der Waals surface area contributed by atoms with E-state index >= 15 is 0 Å². The van der Waals surface area contributed by atoms with Crippen LogP contribution in [0.15, 0.2) is 146 Å². The number of nitrogens with one attached hydrogen (secondary N) is 2. The number of aromatic nitrogens is 4. The van der Waals surface area contributed by atoms with Crippen LogP contribution in [-0.4, -0.2) is 48.5 Å². The van der Waals surface area contributed by atoms with Crippen LogP contribution in [0.5, 0.6) is 0 Å². The van der Waals surface area contributed by atoms with Gasteiger partial charge in [0.05, 0.1) is 22.8 Å². The van der Waals surface area contributed by atoms with E-state index in [9.17, 15) is 0 Å². The van der Waals surface area contributed by atoms with Gasteiger partial charge in [-0.25, -0.2) is 9.97 Å². The lowest BCUT2D eigenvalue weighted by Gasteiger charge is -2.07. The van der Waals surface area contributed by atoms with Gasteiger partial charge in [-0.3, -0.25) is 0 Å². The minimum Gasteiger partial charge on any atom is -0.412 e. The number of fused-ring (bicyclic) bond motifs is 8. The van der Waals surface area contributed by atoms with E-state index in [0.717, 1.165) is 89.4 Å². The molecule has 0 spiro atoms. The molecule has 8 bridgehead atoms. The Balaban J connectivity index is 0.00000196. The molecule has 0 saturated carbocycles. The van der Waals surface area contributed by atoms with Gasteiger partial charge in [0.15, 0.2) is 0 Å². The molecular formula is C44H32MgN4O. The predicted molar refractivity (Wildman–Crippen MR) is 210 cm³/mol. The lowest BCUT2D eigenvalue weighted by Crippen LogP contribution is -1.89. The third kappa shape index (κ3) is 5.90. The second kappa shape index (κ2) is 14.0. The molecule has 5 nitrogen and oxygen atoms in total. The topological polar surface area (TPSA) is 88.9 Å². The zero-order valence-corrected chi connectivity index (χ0v) is 28.7. The van der Waals surface area contributed by atoms with Crippen LogP contribution in [0.4, 0.5) is 0 Å². The quantitative estimate of drug-likeness (QED) is 0.185. The second-order valence-corrected chi connectivity index (χ2v) is 12.0. The Labute approximate surface area is 306 Å². The van der Waals surface area contributed by atoms with Gasteiger partial charge in [-0.05, 0) is 70.8 Å². The molecule has 0 unspecified atom stereocenters. The number of benzene rings is 4. The molecule has 0 aliphatic carbocycles. The Bertz CT molecular complexity index is 2190. The Morgan fingerprint density at radius 3 is 0.740 bits per heavy atom. The number of hydrogen-bond donors (Lipinski definition) is 2. The highest BCUT2D eigenvalue weighted by Crippen LogP contribution is 2.38. The number of aromatic amines is 2. The smallest absolute Gasteiger partial charge is 0.0737 e. The summed E-state index contributed by atoms with van der Waals surface area (Å²) in [6.07, 6.45) is 8.54. The molecule has 2 aliphatic rings. The van der Waals surface area contributed by atoms with Crippen molar-refractivity contribution < 1.29 is 5.48 Å². The first kappa shape index (κ1) is 32.7. The largest absolute Gasteiger partial charge is 0.412 e. The molecule has 0 atom stereocenters. The highest BCUT2D eigenvalue weighted by Gasteiger charge is 2.18. The van der Waals surface area contributed by atoms with E-state index in [4.69, 9.17) is 9.97 Å². The molecule has 236 valence electrons. The minimum absolute atomic E-state index is 0. The summed E-state index contributed by atoms with van der Waals surface area (Å²) in [5, 5.41) is 0. The summed E-state index contributed by atoms with van der Waals surface area (Å²) in [5.74, 6) is 0. The van der Waals surface area contributed by atoms with Gasteiger partial charge in [-0.1, -0.05) is 121 Å². The van der Waals surface area contributed by atoms with E-state index in [2.05, 4.69) is 156 Å². The van der Waals surface area contributed by atoms with E-state index in [1.807, 2.05) is 24.3 Å². The number of H-pyrrole nitrogens is 2. The maximum absolute atomic E-state index is 5.35. The van der Waals surface area contributed by atoms with E-state index in [0.29, 0.717) is 0 Å². The fraction of sp³-hybridized carbons (Fsp3) is 0. The van der Waals surface area contributed by atoms with Crippen molar-refractivity contribution in [2.45, 2.75) is 0 Å².